The first-order valence-corrected chi connectivity index (χ1v) is 18.2. The van der Waals surface area contributed by atoms with Crippen molar-refractivity contribution in [3.63, 3.8) is 0 Å². The number of nitrogens with one attached hydrogen (secondary N) is 2. The molecule has 0 radical (unpaired) electrons. The molecule has 2 aromatic heterocycles. The van der Waals surface area contributed by atoms with Gasteiger partial charge in [-0.2, -0.15) is 13.2 Å². The number of aliphatic imine (C=N–C) groups is 1. The van der Waals surface area contributed by atoms with Gasteiger partial charge in [0.1, 0.15) is 11.5 Å². The van der Waals surface area contributed by atoms with Crippen molar-refractivity contribution >= 4 is 29.2 Å². The highest BCUT2D eigenvalue weighted by atomic mass is 19.4. The molecule has 2 saturated heterocycles. The fourth-order valence-electron chi connectivity index (χ4n) is 5.99. The van der Waals surface area contributed by atoms with Gasteiger partial charge in [-0.1, -0.05) is 37.8 Å². The lowest BCUT2D eigenvalue weighted by atomic mass is 9.92. The van der Waals surface area contributed by atoms with Crippen LogP contribution in [0.2, 0.25) is 0 Å². The summed E-state index contributed by atoms with van der Waals surface area (Å²) in [6.07, 6.45) is 0.643. The van der Waals surface area contributed by atoms with E-state index in [1.54, 1.807) is 25.3 Å². The van der Waals surface area contributed by atoms with Gasteiger partial charge in [-0.3, -0.25) is 34.1 Å². The van der Waals surface area contributed by atoms with Gasteiger partial charge in [-0.05, 0) is 57.0 Å². The number of likely N-dealkylation sites (tertiary alicyclic amines) is 1. The molecule has 2 fully saturated rings. The lowest BCUT2D eigenvalue weighted by Gasteiger charge is -2.37. The minimum absolute atomic E-state index is 0.0833. The number of nitrogens with zero attached hydrogens (tertiary/aromatic N) is 7. The smallest absolute Gasteiger partial charge is 0.404 e. The van der Waals surface area contributed by atoms with E-state index in [1.807, 2.05) is 36.4 Å². The van der Waals surface area contributed by atoms with Crippen molar-refractivity contribution in [1.29, 1.82) is 0 Å². The predicted octanol–water partition coefficient (Wildman–Crippen LogP) is 4.34. The first-order valence-electron chi connectivity index (χ1n) is 18.2. The fourth-order valence-corrected chi connectivity index (χ4v) is 5.99. The van der Waals surface area contributed by atoms with Crippen molar-refractivity contribution in [3.8, 4) is 0 Å². The molecule has 0 saturated carbocycles. The number of hydrogen-bond acceptors (Lipinski definition) is 10. The zero-order valence-corrected chi connectivity index (χ0v) is 31.4. The monoisotopic (exact) mass is 762 g/mol. The zero-order valence-electron chi connectivity index (χ0n) is 31.4. The van der Waals surface area contributed by atoms with Crippen LogP contribution in [0.4, 0.5) is 18.9 Å². The summed E-state index contributed by atoms with van der Waals surface area (Å²) in [7, 11) is 0. The maximum atomic E-state index is 13.0. The first kappa shape index (κ1) is 42.3. The van der Waals surface area contributed by atoms with Crippen LogP contribution in [0, 0.1) is 5.92 Å². The summed E-state index contributed by atoms with van der Waals surface area (Å²) >= 11 is 0. The van der Waals surface area contributed by atoms with Gasteiger partial charge in [-0.15, -0.1) is 0 Å². The van der Waals surface area contributed by atoms with Crippen molar-refractivity contribution in [2.24, 2.45) is 16.6 Å². The maximum absolute atomic E-state index is 13.0. The number of amidine groups is 1. The van der Waals surface area contributed by atoms with Crippen LogP contribution in [0.5, 0.6) is 0 Å². The van der Waals surface area contributed by atoms with E-state index in [1.165, 1.54) is 17.5 Å². The number of alkyl halides is 3. The number of carbonyl (C=O) groups is 3. The second kappa shape index (κ2) is 20.3. The number of carbonyl (C=O) groups excluding carboxylic acids is 3. The average molecular weight is 763 g/mol. The van der Waals surface area contributed by atoms with Crippen LogP contribution in [-0.4, -0.2) is 105 Å². The van der Waals surface area contributed by atoms with E-state index >= 15 is 0 Å². The Balaban J connectivity index is 0.000000258. The Morgan fingerprint density at radius 1 is 1.02 bits per heavy atom. The van der Waals surface area contributed by atoms with Crippen molar-refractivity contribution in [2.45, 2.75) is 52.4 Å². The van der Waals surface area contributed by atoms with Gasteiger partial charge in [-0.25, -0.2) is 15.0 Å². The maximum Gasteiger partial charge on any atom is 0.433 e. The third-order valence-corrected chi connectivity index (χ3v) is 9.30. The summed E-state index contributed by atoms with van der Waals surface area (Å²) in [5.74, 6) is -2.15. The SMILES string of the molecule is C=C(CN1CCN(C(C)CC)CC1)C(=O)NCc1ccccn1.CCN1C(=O)C(CNC(=O)c2nccc(C(F)(F)F)n2)C/C(=C/N)C1=Nc1ccccc1. The Morgan fingerprint density at radius 2 is 1.73 bits per heavy atom. The second-order valence-corrected chi connectivity index (χ2v) is 13.1. The molecule has 4 heterocycles. The molecule has 55 heavy (non-hydrogen) atoms. The van der Waals surface area contributed by atoms with E-state index < -0.39 is 29.5 Å². The van der Waals surface area contributed by atoms with E-state index in [9.17, 15) is 27.6 Å². The number of pyridine rings is 1. The van der Waals surface area contributed by atoms with Crippen molar-refractivity contribution in [2.75, 3.05) is 45.8 Å². The Labute approximate surface area is 319 Å². The Kier molecular flexibility index (Phi) is 15.6. The molecule has 5 rings (SSSR count). The highest BCUT2D eigenvalue weighted by Crippen LogP contribution is 2.28. The number of likely N-dealkylation sites (N-methyl/N-ethyl adjacent to an activating group) is 1. The zero-order chi connectivity index (χ0) is 40.0. The molecule has 0 aliphatic carbocycles. The average Bonchev–Trinajstić information content (AvgIpc) is 3.20. The molecule has 2 aliphatic heterocycles. The lowest BCUT2D eigenvalue weighted by molar-refractivity contribution is -0.141. The van der Waals surface area contributed by atoms with E-state index in [-0.39, 0.29) is 24.8 Å². The van der Waals surface area contributed by atoms with Crippen molar-refractivity contribution in [1.82, 2.24) is 40.3 Å². The molecule has 0 bridgehead atoms. The Morgan fingerprint density at radius 3 is 2.35 bits per heavy atom. The number of nitrogens with two attached hydrogens (primary N) is 1. The molecular formula is C39H49F3N10O3. The van der Waals surface area contributed by atoms with Gasteiger partial charge in [0, 0.05) is 81.6 Å². The van der Waals surface area contributed by atoms with Gasteiger partial charge >= 0.3 is 6.18 Å². The third-order valence-electron chi connectivity index (χ3n) is 9.30. The molecule has 2 unspecified atom stereocenters. The minimum atomic E-state index is -4.70. The van der Waals surface area contributed by atoms with Crippen LogP contribution in [0.1, 0.15) is 55.6 Å². The normalized spacial score (nSPS) is 18.7. The van der Waals surface area contributed by atoms with Gasteiger partial charge in [0.25, 0.3) is 5.91 Å². The molecular weight excluding hydrogens is 713 g/mol. The molecule has 2 atom stereocenters. The molecule has 0 spiro atoms. The lowest BCUT2D eigenvalue weighted by Crippen LogP contribution is -2.50. The topological polar surface area (TPSA) is 162 Å². The van der Waals surface area contributed by atoms with Gasteiger partial charge in [0.15, 0.2) is 0 Å². The second-order valence-electron chi connectivity index (χ2n) is 13.1. The number of amides is 3. The molecule has 16 heteroatoms. The van der Waals surface area contributed by atoms with Crippen molar-refractivity contribution in [3.05, 3.63) is 108 Å². The number of para-hydroxylation sites is 1. The first-order chi connectivity index (χ1) is 26.3. The van der Waals surface area contributed by atoms with Crippen LogP contribution in [0.25, 0.3) is 0 Å². The Hall–Kier alpha value is -5.48. The number of piperidine rings is 1. The van der Waals surface area contributed by atoms with E-state index in [0.717, 1.165) is 38.1 Å². The third kappa shape index (κ3) is 12.3. The van der Waals surface area contributed by atoms with Crippen LogP contribution >= 0.6 is 0 Å². The summed E-state index contributed by atoms with van der Waals surface area (Å²) in [6.45, 7) is 15.6. The van der Waals surface area contributed by atoms with Gasteiger partial charge in [0.05, 0.1) is 23.8 Å². The predicted molar refractivity (Wildman–Crippen MR) is 204 cm³/mol. The molecule has 294 valence electrons. The molecule has 3 aromatic rings. The number of piperazine rings is 1. The molecule has 1 aromatic carbocycles. The molecule has 13 nitrogen and oxygen atoms in total. The molecule has 2 aliphatic rings. The number of aromatic nitrogens is 3. The fraction of sp³-hybridized carbons (Fsp3) is 0.410. The number of rotatable bonds is 12. The summed E-state index contributed by atoms with van der Waals surface area (Å²) in [5, 5.41) is 5.33. The van der Waals surface area contributed by atoms with Crippen LogP contribution in [0.15, 0.2) is 95.9 Å². The van der Waals surface area contributed by atoms with Crippen molar-refractivity contribution < 1.29 is 27.6 Å². The van der Waals surface area contributed by atoms with Gasteiger partial charge < -0.3 is 16.4 Å². The number of hydrogen-bond donors (Lipinski definition) is 3. The molecule has 3 amide bonds. The summed E-state index contributed by atoms with van der Waals surface area (Å²) in [4.78, 5) is 59.3. The minimum Gasteiger partial charge on any atom is -0.404 e. The number of benzene rings is 1. The Bertz CT molecular complexity index is 1810. The molecule has 4 N–H and O–H groups in total. The largest absolute Gasteiger partial charge is 0.433 e. The van der Waals surface area contributed by atoms with E-state index in [4.69, 9.17) is 5.73 Å². The highest BCUT2D eigenvalue weighted by Gasteiger charge is 2.36. The summed E-state index contributed by atoms with van der Waals surface area (Å²) in [5.41, 5.74) is 7.31. The summed E-state index contributed by atoms with van der Waals surface area (Å²) in [6, 6.07) is 16.1. The number of halogens is 3. The quantitative estimate of drug-likeness (QED) is 0.228. The highest BCUT2D eigenvalue weighted by molar-refractivity contribution is 6.12. The van der Waals surface area contributed by atoms with E-state index in [2.05, 4.69) is 60.8 Å². The standard InChI is InChI=1S/C21H21F3N6O2.C18H28N4O/c1-2-30-18(28-15-6-4-3-5-7-15)13(11-25)10-14(20(30)32)12-27-19(31)17-26-9-8-16(29-17)21(22,23)24;1-4-16(3)22-11-9-21(10-12-22)14-15(2)18(23)20-13-17-7-5-6-8-19-17/h3-9,11,14H,2,10,12,25H2,1H3,(H,27,31);5-8,16H,2,4,9-14H2,1,3H3,(H,20,23)/b13-11-,28-18?;. The van der Waals surface area contributed by atoms with E-state index in [0.29, 0.717) is 54.4 Å². The summed E-state index contributed by atoms with van der Waals surface area (Å²) < 4.78 is 38.4. The van der Waals surface area contributed by atoms with Crippen LogP contribution in [0.3, 0.4) is 0 Å². The van der Waals surface area contributed by atoms with Crippen LogP contribution < -0.4 is 16.4 Å². The van der Waals surface area contributed by atoms with Crippen LogP contribution in [-0.2, 0) is 22.3 Å². The van der Waals surface area contributed by atoms with Gasteiger partial charge in [0.2, 0.25) is 17.6 Å².